The summed E-state index contributed by atoms with van der Waals surface area (Å²) in [5, 5.41) is 26.1. The van der Waals surface area contributed by atoms with Crippen LogP contribution in [0, 0.1) is 0 Å². The number of Topliss-reactive ketones (excluding diaryl/α,β-unsaturated/α-hetero) is 2. The second-order valence-electron chi connectivity index (χ2n) is 4.49. The van der Waals surface area contributed by atoms with Crippen molar-refractivity contribution in [3.8, 4) is 0 Å². The average Bonchev–Trinajstić information content (AvgIpc) is 1.98. The van der Waals surface area contributed by atoms with E-state index >= 15 is 0 Å². The van der Waals surface area contributed by atoms with Crippen LogP contribution in [0.3, 0.4) is 0 Å². The molecule has 0 bridgehead atoms. The molecule has 0 aliphatic carbocycles. The molecule has 5 heteroatoms. The van der Waals surface area contributed by atoms with Gasteiger partial charge in [-0.3, -0.25) is 9.59 Å². The van der Waals surface area contributed by atoms with Crippen LogP contribution in [0.25, 0.3) is 0 Å². The molecule has 0 rings (SSSR count). The Kier molecular flexibility index (Phi) is 8.24. The molecule has 2 unspecified atom stereocenters. The fourth-order valence-electron chi connectivity index (χ4n) is 0.949. The van der Waals surface area contributed by atoms with E-state index in [-0.39, 0.29) is 12.2 Å². The van der Waals surface area contributed by atoms with Crippen LogP contribution in [-0.2, 0) is 9.59 Å². The van der Waals surface area contributed by atoms with Gasteiger partial charge in [-0.2, -0.15) is 0 Å². The number of hydrogen-bond donors (Lipinski definition) is 3. The molecule has 0 amide bonds. The number of aliphatic hydroxyl groups is 3. The van der Waals surface area contributed by atoms with E-state index in [0.29, 0.717) is 0 Å². The molecule has 0 aliphatic heterocycles. The lowest BCUT2D eigenvalue weighted by Gasteiger charge is -2.13. The number of rotatable bonds is 4. The molecular weight excluding hydrogens is 212 g/mol. The first kappa shape index (κ1) is 17.6. The Bertz CT molecular complexity index is 227. The summed E-state index contributed by atoms with van der Waals surface area (Å²) in [6, 6.07) is 0. The van der Waals surface area contributed by atoms with Crippen molar-refractivity contribution in [1.29, 1.82) is 0 Å². The number of hydrogen-bond acceptors (Lipinski definition) is 5. The molecule has 0 aromatic heterocycles. The summed E-state index contributed by atoms with van der Waals surface area (Å²) >= 11 is 0. The Hall–Kier alpha value is -0.780. The predicted molar refractivity (Wildman–Crippen MR) is 60.0 cm³/mol. The molecule has 2 atom stereocenters. The molecule has 0 heterocycles. The van der Waals surface area contributed by atoms with Gasteiger partial charge in [0.1, 0.15) is 11.9 Å². The minimum Gasteiger partial charge on any atom is -0.390 e. The summed E-state index contributed by atoms with van der Waals surface area (Å²) in [5.41, 5.74) is -0.828. The van der Waals surface area contributed by atoms with Gasteiger partial charge in [-0.25, -0.2) is 0 Å². The zero-order chi connectivity index (χ0) is 13.5. The third-order valence-corrected chi connectivity index (χ3v) is 1.56. The molecule has 5 nitrogen and oxygen atoms in total. The first-order valence-electron chi connectivity index (χ1n) is 5.05. The predicted octanol–water partition coefficient (Wildman–Crippen LogP) is 0.0535. The van der Waals surface area contributed by atoms with Gasteiger partial charge < -0.3 is 15.3 Å². The maximum Gasteiger partial charge on any atom is 0.160 e. The first-order valence-corrected chi connectivity index (χ1v) is 5.05. The molecule has 0 spiro atoms. The van der Waals surface area contributed by atoms with Crippen LogP contribution in [0.2, 0.25) is 0 Å². The fourth-order valence-corrected chi connectivity index (χ4v) is 0.949. The molecule has 0 saturated carbocycles. The normalized spacial score (nSPS) is 14.5. The lowest BCUT2D eigenvalue weighted by molar-refractivity contribution is -0.129. The van der Waals surface area contributed by atoms with Crippen molar-refractivity contribution in [2.24, 2.45) is 0 Å². The highest BCUT2D eigenvalue weighted by molar-refractivity contribution is 5.80. The molecule has 3 N–H and O–H groups in total. The number of carbonyl (C=O) groups is 2. The minimum atomic E-state index is -1.21. The van der Waals surface area contributed by atoms with Crippen LogP contribution in [-0.4, -0.2) is 44.7 Å². The van der Waals surface area contributed by atoms with Gasteiger partial charge in [0.25, 0.3) is 0 Å². The van der Waals surface area contributed by atoms with Crippen LogP contribution in [0.4, 0.5) is 0 Å². The fraction of sp³-hybridized carbons (Fsp3) is 0.818. The highest BCUT2D eigenvalue weighted by Crippen LogP contribution is 2.06. The third kappa shape index (κ3) is 13.2. The molecule has 0 radical (unpaired) electrons. The third-order valence-electron chi connectivity index (χ3n) is 1.56. The van der Waals surface area contributed by atoms with Gasteiger partial charge in [0.15, 0.2) is 5.78 Å². The lowest BCUT2D eigenvalue weighted by Crippen LogP contribution is -2.29. The topological polar surface area (TPSA) is 94.8 Å². The number of ketones is 2. The van der Waals surface area contributed by atoms with Crippen molar-refractivity contribution >= 4 is 11.6 Å². The van der Waals surface area contributed by atoms with E-state index in [4.69, 9.17) is 15.3 Å². The Morgan fingerprint density at radius 1 is 1.19 bits per heavy atom. The van der Waals surface area contributed by atoms with E-state index < -0.39 is 23.6 Å². The van der Waals surface area contributed by atoms with Crippen molar-refractivity contribution in [2.45, 2.75) is 58.8 Å². The SMILES string of the molecule is CC(=O)C(O)C(C)O.CC(=O)CC(C)(C)O. The van der Waals surface area contributed by atoms with Gasteiger partial charge in [-0.15, -0.1) is 0 Å². The van der Waals surface area contributed by atoms with Crippen LogP contribution in [0.15, 0.2) is 0 Å². The van der Waals surface area contributed by atoms with E-state index in [1.807, 2.05) is 0 Å². The number of carbonyl (C=O) groups excluding carboxylic acids is 2. The van der Waals surface area contributed by atoms with Crippen molar-refractivity contribution in [3.05, 3.63) is 0 Å². The Morgan fingerprint density at radius 2 is 1.56 bits per heavy atom. The first-order chi connectivity index (χ1) is 6.97. The number of aliphatic hydroxyl groups excluding tert-OH is 2. The quantitative estimate of drug-likeness (QED) is 0.639. The molecule has 0 aromatic rings. The van der Waals surface area contributed by atoms with E-state index in [9.17, 15) is 9.59 Å². The second-order valence-corrected chi connectivity index (χ2v) is 4.49. The molecular formula is C11H22O5. The molecule has 0 fully saturated rings. The van der Waals surface area contributed by atoms with Gasteiger partial charge in [0.05, 0.1) is 11.7 Å². The monoisotopic (exact) mass is 234 g/mol. The van der Waals surface area contributed by atoms with Gasteiger partial charge >= 0.3 is 0 Å². The van der Waals surface area contributed by atoms with Gasteiger partial charge in [0.2, 0.25) is 0 Å². The summed E-state index contributed by atoms with van der Waals surface area (Å²) in [4.78, 5) is 20.5. The molecule has 0 aromatic carbocycles. The van der Waals surface area contributed by atoms with Crippen LogP contribution < -0.4 is 0 Å². The maximum absolute atomic E-state index is 10.3. The highest BCUT2D eigenvalue weighted by Gasteiger charge is 2.14. The average molecular weight is 234 g/mol. The molecule has 16 heavy (non-hydrogen) atoms. The lowest BCUT2D eigenvalue weighted by atomic mass is 10.0. The molecule has 0 saturated heterocycles. The Morgan fingerprint density at radius 3 is 1.56 bits per heavy atom. The molecule has 96 valence electrons. The van der Waals surface area contributed by atoms with Crippen LogP contribution in [0.5, 0.6) is 0 Å². The molecule has 0 aliphatic rings. The van der Waals surface area contributed by atoms with E-state index in [1.165, 1.54) is 20.8 Å². The maximum atomic E-state index is 10.3. The van der Waals surface area contributed by atoms with E-state index in [1.54, 1.807) is 13.8 Å². The van der Waals surface area contributed by atoms with Gasteiger partial charge in [-0.1, -0.05) is 0 Å². The van der Waals surface area contributed by atoms with Crippen molar-refractivity contribution in [1.82, 2.24) is 0 Å². The van der Waals surface area contributed by atoms with Crippen molar-refractivity contribution in [2.75, 3.05) is 0 Å². The van der Waals surface area contributed by atoms with Crippen LogP contribution in [0.1, 0.15) is 41.0 Å². The largest absolute Gasteiger partial charge is 0.390 e. The van der Waals surface area contributed by atoms with Gasteiger partial charge in [0, 0.05) is 6.42 Å². The zero-order valence-corrected chi connectivity index (χ0v) is 10.5. The zero-order valence-electron chi connectivity index (χ0n) is 10.5. The standard InChI is InChI=1S/C6H12O2.C5H10O3/c1-5(7)4-6(2,3)8;1-3(6)5(8)4(2)7/h8H,4H2,1-3H3;3,5-6,8H,1-2H3. The smallest absolute Gasteiger partial charge is 0.160 e. The minimum absolute atomic E-state index is 0.0255. The van der Waals surface area contributed by atoms with Crippen LogP contribution >= 0.6 is 0 Å². The summed E-state index contributed by atoms with van der Waals surface area (Å²) < 4.78 is 0. The Labute approximate surface area is 96.1 Å². The summed E-state index contributed by atoms with van der Waals surface area (Å²) in [5.74, 6) is -0.377. The van der Waals surface area contributed by atoms with E-state index in [0.717, 1.165) is 0 Å². The summed E-state index contributed by atoms with van der Waals surface area (Å²) in [7, 11) is 0. The van der Waals surface area contributed by atoms with Gasteiger partial charge in [-0.05, 0) is 34.6 Å². The highest BCUT2D eigenvalue weighted by atomic mass is 16.3. The van der Waals surface area contributed by atoms with Crippen molar-refractivity contribution < 1.29 is 24.9 Å². The summed E-state index contributed by atoms with van der Waals surface area (Å²) in [6.45, 7) is 7.31. The Balaban J connectivity index is 0. The summed E-state index contributed by atoms with van der Waals surface area (Å²) in [6.07, 6.45) is -1.92. The second kappa shape index (κ2) is 7.49. The van der Waals surface area contributed by atoms with Crippen molar-refractivity contribution in [3.63, 3.8) is 0 Å². The van der Waals surface area contributed by atoms with E-state index in [2.05, 4.69) is 0 Å².